The summed E-state index contributed by atoms with van der Waals surface area (Å²) < 4.78 is 67.5. The van der Waals surface area contributed by atoms with Crippen LogP contribution in [0, 0.1) is 0 Å². The summed E-state index contributed by atoms with van der Waals surface area (Å²) in [5.41, 5.74) is 0. The lowest BCUT2D eigenvalue weighted by Gasteiger charge is -2.19. The molecule has 1 aromatic carbocycles. The minimum absolute atomic E-state index is 0.0308. The zero-order chi connectivity index (χ0) is 17.4. The highest BCUT2D eigenvalue weighted by Crippen LogP contribution is 2.38. The lowest BCUT2D eigenvalue weighted by molar-refractivity contribution is -0.278. The molecule has 0 unspecified atom stereocenters. The third kappa shape index (κ3) is 3.50. The van der Waals surface area contributed by atoms with E-state index in [0.29, 0.717) is 15.8 Å². The number of benzene rings is 1. The van der Waals surface area contributed by atoms with E-state index in [2.05, 4.69) is 0 Å². The fourth-order valence-corrected chi connectivity index (χ4v) is 3.10. The Morgan fingerprint density at radius 1 is 1.30 bits per heavy atom. The maximum Gasteiger partial charge on any atom is 0.455 e. The van der Waals surface area contributed by atoms with Crippen LogP contribution in [0.5, 0.6) is 5.75 Å². The van der Waals surface area contributed by atoms with Crippen LogP contribution in [0.4, 0.5) is 22.0 Å². The van der Waals surface area contributed by atoms with Crippen molar-refractivity contribution in [3.05, 3.63) is 28.1 Å². The molecular formula is C13H9ClF5NO2S. The standard InChI is InChI=1S/C13H9ClF5NO2S/c1-22-6-2-3-8-7(4-6)9(14)10(23-8)11(21)20-5-12(15,16)13(17,18)19/h2-4H,5H2,1H3,(H,20,21). The number of carbonyl (C=O) groups is 1. The van der Waals surface area contributed by atoms with Crippen molar-refractivity contribution in [2.75, 3.05) is 13.7 Å². The fourth-order valence-electron chi connectivity index (χ4n) is 1.69. The first kappa shape index (κ1) is 17.7. The lowest BCUT2D eigenvalue weighted by atomic mass is 10.2. The van der Waals surface area contributed by atoms with Gasteiger partial charge in [-0.25, -0.2) is 0 Å². The Morgan fingerprint density at radius 3 is 2.52 bits per heavy atom. The first-order chi connectivity index (χ1) is 10.6. The van der Waals surface area contributed by atoms with E-state index in [9.17, 15) is 26.7 Å². The van der Waals surface area contributed by atoms with Crippen molar-refractivity contribution in [1.29, 1.82) is 0 Å². The number of alkyl halides is 5. The molecule has 0 aliphatic heterocycles. The molecule has 3 nitrogen and oxygen atoms in total. The molecule has 1 N–H and O–H groups in total. The number of hydrogen-bond donors (Lipinski definition) is 1. The van der Waals surface area contributed by atoms with Crippen LogP contribution < -0.4 is 10.1 Å². The van der Waals surface area contributed by atoms with E-state index < -0.39 is 24.6 Å². The van der Waals surface area contributed by atoms with Crippen LogP contribution in [0.2, 0.25) is 5.02 Å². The van der Waals surface area contributed by atoms with E-state index in [-0.39, 0.29) is 9.90 Å². The van der Waals surface area contributed by atoms with Crippen molar-refractivity contribution < 1.29 is 31.5 Å². The number of halogens is 6. The quantitative estimate of drug-likeness (QED) is 0.802. The molecule has 1 heterocycles. The van der Waals surface area contributed by atoms with Gasteiger partial charge in [0.05, 0.1) is 18.7 Å². The molecule has 0 radical (unpaired) electrons. The minimum atomic E-state index is -5.74. The molecule has 0 aliphatic carbocycles. The minimum Gasteiger partial charge on any atom is -0.497 e. The molecule has 0 aliphatic rings. The largest absolute Gasteiger partial charge is 0.497 e. The predicted octanol–water partition coefficient (Wildman–Crippen LogP) is 4.49. The van der Waals surface area contributed by atoms with Crippen molar-refractivity contribution in [2.45, 2.75) is 12.1 Å². The van der Waals surface area contributed by atoms with Gasteiger partial charge < -0.3 is 10.1 Å². The average molecular weight is 374 g/mol. The second-order valence-corrected chi connectivity index (χ2v) is 5.92. The molecule has 23 heavy (non-hydrogen) atoms. The van der Waals surface area contributed by atoms with Gasteiger partial charge >= 0.3 is 12.1 Å². The Hall–Kier alpha value is -1.61. The number of rotatable bonds is 4. The first-order valence-electron chi connectivity index (χ1n) is 6.05. The van der Waals surface area contributed by atoms with Gasteiger partial charge in [0, 0.05) is 10.1 Å². The van der Waals surface area contributed by atoms with Crippen LogP contribution in [0.1, 0.15) is 9.67 Å². The Labute approximate surface area is 136 Å². The van der Waals surface area contributed by atoms with Crippen molar-refractivity contribution >= 4 is 38.9 Å². The van der Waals surface area contributed by atoms with E-state index in [0.717, 1.165) is 11.3 Å². The molecule has 0 atom stereocenters. The monoisotopic (exact) mass is 373 g/mol. The van der Waals surface area contributed by atoms with Gasteiger partial charge in [-0.1, -0.05) is 11.6 Å². The highest BCUT2D eigenvalue weighted by Gasteiger charge is 2.57. The SMILES string of the molecule is COc1ccc2sc(C(=O)NCC(F)(F)C(F)(F)F)c(Cl)c2c1. The van der Waals surface area contributed by atoms with E-state index in [4.69, 9.17) is 16.3 Å². The van der Waals surface area contributed by atoms with Gasteiger partial charge in [0.2, 0.25) is 0 Å². The summed E-state index contributed by atoms with van der Waals surface area (Å²) in [6.07, 6.45) is -5.74. The molecule has 0 saturated carbocycles. The van der Waals surface area contributed by atoms with E-state index in [1.807, 2.05) is 0 Å². The first-order valence-corrected chi connectivity index (χ1v) is 7.25. The average Bonchev–Trinajstić information content (AvgIpc) is 2.80. The van der Waals surface area contributed by atoms with Gasteiger partial charge in [-0.2, -0.15) is 22.0 Å². The Kier molecular flexibility index (Phi) is 4.72. The van der Waals surface area contributed by atoms with Gasteiger partial charge in [-0.3, -0.25) is 4.79 Å². The number of methoxy groups -OCH3 is 1. The topological polar surface area (TPSA) is 38.3 Å². The zero-order valence-corrected chi connectivity index (χ0v) is 13.0. The van der Waals surface area contributed by atoms with E-state index >= 15 is 0 Å². The van der Waals surface area contributed by atoms with Crippen LogP contribution in [0.15, 0.2) is 18.2 Å². The van der Waals surface area contributed by atoms with Gasteiger partial charge in [0.15, 0.2) is 0 Å². The number of amides is 1. The maximum absolute atomic E-state index is 12.8. The third-order valence-corrected chi connectivity index (χ3v) is 4.60. The van der Waals surface area contributed by atoms with Gasteiger partial charge in [0.1, 0.15) is 10.6 Å². The normalized spacial score (nSPS) is 12.5. The molecule has 0 bridgehead atoms. The molecule has 126 valence electrons. The summed E-state index contributed by atoms with van der Waals surface area (Å²) in [5.74, 6) is -5.65. The Bertz CT molecular complexity index is 744. The zero-order valence-electron chi connectivity index (χ0n) is 11.4. The molecular weight excluding hydrogens is 365 g/mol. The molecule has 0 fully saturated rings. The van der Waals surface area contributed by atoms with Gasteiger partial charge in [0.25, 0.3) is 5.91 Å². The highest BCUT2D eigenvalue weighted by atomic mass is 35.5. The molecule has 1 aromatic heterocycles. The number of ether oxygens (including phenoxy) is 1. The van der Waals surface area contributed by atoms with E-state index in [1.54, 1.807) is 17.4 Å². The van der Waals surface area contributed by atoms with Crippen LogP contribution >= 0.6 is 22.9 Å². The smallest absolute Gasteiger partial charge is 0.455 e. The Balaban J connectivity index is 2.23. The molecule has 0 saturated heterocycles. The van der Waals surface area contributed by atoms with Gasteiger partial charge in [-0.05, 0) is 18.2 Å². The Morgan fingerprint density at radius 2 is 1.96 bits per heavy atom. The van der Waals surface area contributed by atoms with Crippen molar-refractivity contribution in [3.8, 4) is 5.75 Å². The number of fused-ring (bicyclic) bond motifs is 1. The number of thiophene rings is 1. The number of hydrogen-bond acceptors (Lipinski definition) is 3. The predicted molar refractivity (Wildman–Crippen MR) is 76.7 cm³/mol. The second-order valence-electron chi connectivity index (χ2n) is 4.49. The summed E-state index contributed by atoms with van der Waals surface area (Å²) in [5, 5.41) is 1.98. The van der Waals surface area contributed by atoms with Crippen LogP contribution in [0.25, 0.3) is 10.1 Å². The summed E-state index contributed by atoms with van der Waals surface area (Å²) in [6, 6.07) is 4.75. The fraction of sp³-hybridized carbons (Fsp3) is 0.308. The summed E-state index contributed by atoms with van der Waals surface area (Å²) in [7, 11) is 1.42. The number of nitrogens with one attached hydrogen (secondary N) is 1. The van der Waals surface area contributed by atoms with Crippen molar-refractivity contribution in [3.63, 3.8) is 0 Å². The molecule has 1 amide bonds. The second kappa shape index (κ2) is 6.12. The van der Waals surface area contributed by atoms with Crippen LogP contribution in [0.3, 0.4) is 0 Å². The molecule has 2 aromatic rings. The number of carbonyl (C=O) groups excluding carboxylic acids is 1. The van der Waals surface area contributed by atoms with Gasteiger partial charge in [-0.15, -0.1) is 11.3 Å². The van der Waals surface area contributed by atoms with Crippen molar-refractivity contribution in [1.82, 2.24) is 5.32 Å². The van der Waals surface area contributed by atoms with Crippen molar-refractivity contribution in [2.24, 2.45) is 0 Å². The summed E-state index contributed by atoms with van der Waals surface area (Å²) in [6.45, 7) is -1.86. The highest BCUT2D eigenvalue weighted by molar-refractivity contribution is 7.21. The maximum atomic E-state index is 12.8. The lowest BCUT2D eigenvalue weighted by Crippen LogP contribution is -2.46. The molecule has 2 rings (SSSR count). The van der Waals surface area contributed by atoms with Crippen LogP contribution in [-0.4, -0.2) is 31.7 Å². The molecule has 10 heteroatoms. The molecule has 0 spiro atoms. The van der Waals surface area contributed by atoms with E-state index in [1.165, 1.54) is 13.2 Å². The summed E-state index contributed by atoms with van der Waals surface area (Å²) >= 11 is 6.89. The van der Waals surface area contributed by atoms with Crippen LogP contribution in [-0.2, 0) is 0 Å². The summed E-state index contributed by atoms with van der Waals surface area (Å²) in [4.78, 5) is 11.7. The third-order valence-electron chi connectivity index (χ3n) is 2.93.